The first-order valence-electron chi connectivity index (χ1n) is 12.4. The van der Waals surface area contributed by atoms with Crippen molar-refractivity contribution in [2.24, 2.45) is 0 Å². The van der Waals surface area contributed by atoms with Crippen LogP contribution in [0, 0.1) is 11.6 Å². The van der Waals surface area contributed by atoms with Gasteiger partial charge < -0.3 is 24.2 Å². The number of methoxy groups -OCH3 is 2. The van der Waals surface area contributed by atoms with Crippen molar-refractivity contribution in [3.8, 4) is 11.5 Å². The Labute approximate surface area is 220 Å². The van der Waals surface area contributed by atoms with Crippen LogP contribution >= 0.6 is 0 Å². The maximum atomic E-state index is 15.1. The first-order chi connectivity index (χ1) is 18.3. The highest BCUT2D eigenvalue weighted by molar-refractivity contribution is 6.02. The lowest BCUT2D eigenvalue weighted by atomic mass is 9.78. The molecule has 2 aliphatic rings. The summed E-state index contributed by atoms with van der Waals surface area (Å²) in [5.41, 5.74) is 1.95. The fourth-order valence-corrected chi connectivity index (χ4v) is 5.45. The summed E-state index contributed by atoms with van der Waals surface area (Å²) in [6, 6.07) is 14.9. The van der Waals surface area contributed by atoms with Crippen LogP contribution in [0.2, 0.25) is 0 Å². The topological polar surface area (TPSA) is 62.3 Å². The molecule has 3 aromatic rings. The van der Waals surface area contributed by atoms with Gasteiger partial charge >= 0.3 is 0 Å². The molecule has 0 unspecified atom stereocenters. The number of piperazine rings is 1. The van der Waals surface area contributed by atoms with E-state index in [-0.39, 0.29) is 23.2 Å². The van der Waals surface area contributed by atoms with Crippen LogP contribution in [0.15, 0.2) is 60.7 Å². The maximum absolute atomic E-state index is 15.1. The average Bonchev–Trinajstić information content (AvgIpc) is 2.95. The fraction of sp³-hybridized carbons (Fsp3) is 0.310. The van der Waals surface area contributed by atoms with E-state index >= 15 is 4.39 Å². The standard InChI is InChI=1S/C29H29F2N3O4/c1-32-27(20-6-4-5-7-23(20)31)26(21-16-24(37-2)25(38-3)17-22(21)28(32)35)29(36)34-14-12-33(13-15-34)19-10-8-18(30)9-11-19/h4-11,16-17,26-27H,12-15H2,1-3H3/t26-,27+/m0/s1. The van der Waals surface area contributed by atoms with Gasteiger partial charge in [0, 0.05) is 50.0 Å². The summed E-state index contributed by atoms with van der Waals surface area (Å²) in [4.78, 5) is 33.0. The van der Waals surface area contributed by atoms with Gasteiger partial charge in [0.1, 0.15) is 11.6 Å². The Hall–Kier alpha value is -4.14. The van der Waals surface area contributed by atoms with Crippen LogP contribution in [0.25, 0.3) is 0 Å². The number of hydrogen-bond acceptors (Lipinski definition) is 5. The van der Waals surface area contributed by atoms with Crippen molar-refractivity contribution in [2.45, 2.75) is 12.0 Å². The predicted molar refractivity (Wildman–Crippen MR) is 139 cm³/mol. The number of likely N-dealkylation sites (N-methyl/N-ethyl adjacent to an activating group) is 1. The Morgan fingerprint density at radius 2 is 1.50 bits per heavy atom. The number of carbonyl (C=O) groups excluding carboxylic acids is 2. The fourth-order valence-electron chi connectivity index (χ4n) is 5.45. The van der Waals surface area contributed by atoms with Gasteiger partial charge in [-0.1, -0.05) is 18.2 Å². The molecule has 2 heterocycles. The van der Waals surface area contributed by atoms with E-state index in [1.165, 1.54) is 37.3 Å². The number of amides is 2. The number of anilines is 1. The summed E-state index contributed by atoms with van der Waals surface area (Å²) in [6.45, 7) is 1.97. The van der Waals surface area contributed by atoms with E-state index in [9.17, 15) is 14.0 Å². The van der Waals surface area contributed by atoms with Crippen LogP contribution in [0.4, 0.5) is 14.5 Å². The molecule has 0 radical (unpaired) electrons. The van der Waals surface area contributed by atoms with Gasteiger partial charge in [0.2, 0.25) is 5.91 Å². The molecule has 0 aliphatic carbocycles. The van der Waals surface area contributed by atoms with Crippen molar-refractivity contribution in [3.05, 3.63) is 89.0 Å². The van der Waals surface area contributed by atoms with Gasteiger partial charge in [-0.2, -0.15) is 0 Å². The molecule has 7 nitrogen and oxygen atoms in total. The van der Waals surface area contributed by atoms with E-state index in [1.807, 2.05) is 0 Å². The number of nitrogens with zero attached hydrogens (tertiary/aromatic N) is 3. The van der Waals surface area contributed by atoms with Crippen molar-refractivity contribution in [3.63, 3.8) is 0 Å². The second-order valence-corrected chi connectivity index (χ2v) is 9.44. The summed E-state index contributed by atoms with van der Waals surface area (Å²) in [5.74, 6) is -1.43. The maximum Gasteiger partial charge on any atom is 0.254 e. The minimum absolute atomic E-state index is 0.204. The third kappa shape index (κ3) is 4.42. The second-order valence-electron chi connectivity index (χ2n) is 9.44. The molecule has 0 N–H and O–H groups in total. The Balaban J connectivity index is 1.53. The number of carbonyl (C=O) groups is 2. The summed E-state index contributed by atoms with van der Waals surface area (Å²) in [5, 5.41) is 0. The lowest BCUT2D eigenvalue weighted by molar-refractivity contribution is -0.134. The Morgan fingerprint density at radius 1 is 0.868 bits per heavy atom. The van der Waals surface area contributed by atoms with Gasteiger partial charge in [0.25, 0.3) is 5.91 Å². The molecule has 2 aliphatic heterocycles. The third-order valence-electron chi connectivity index (χ3n) is 7.45. The summed E-state index contributed by atoms with van der Waals surface area (Å²) in [6.07, 6.45) is 0. The van der Waals surface area contributed by atoms with Gasteiger partial charge in [-0.15, -0.1) is 0 Å². The van der Waals surface area contributed by atoms with E-state index in [1.54, 1.807) is 54.4 Å². The lowest BCUT2D eigenvalue weighted by Crippen LogP contribution is -2.53. The molecule has 2 amide bonds. The van der Waals surface area contributed by atoms with Crippen LogP contribution in [0.5, 0.6) is 11.5 Å². The van der Waals surface area contributed by atoms with E-state index in [0.717, 1.165) is 5.69 Å². The molecule has 38 heavy (non-hydrogen) atoms. The number of rotatable bonds is 5. The second kappa shape index (κ2) is 10.3. The summed E-state index contributed by atoms with van der Waals surface area (Å²) < 4.78 is 39.4. The molecule has 1 fully saturated rings. The van der Waals surface area contributed by atoms with Crippen molar-refractivity contribution >= 4 is 17.5 Å². The van der Waals surface area contributed by atoms with Gasteiger partial charge in [-0.25, -0.2) is 8.78 Å². The van der Waals surface area contributed by atoms with E-state index < -0.39 is 17.8 Å². The Bertz CT molecular complexity index is 1360. The molecule has 2 atom stereocenters. The molecular formula is C29H29F2N3O4. The normalized spacial score (nSPS) is 19.3. The number of fused-ring (bicyclic) bond motifs is 1. The molecule has 198 valence electrons. The van der Waals surface area contributed by atoms with Gasteiger partial charge in [0.15, 0.2) is 11.5 Å². The van der Waals surface area contributed by atoms with Gasteiger partial charge in [-0.05, 0) is 48.0 Å². The largest absolute Gasteiger partial charge is 0.493 e. The van der Waals surface area contributed by atoms with Crippen molar-refractivity contribution in [1.29, 1.82) is 0 Å². The number of benzene rings is 3. The van der Waals surface area contributed by atoms with Crippen LogP contribution < -0.4 is 14.4 Å². The smallest absolute Gasteiger partial charge is 0.254 e. The van der Waals surface area contributed by atoms with Crippen LogP contribution in [0.1, 0.15) is 33.4 Å². The molecule has 3 aromatic carbocycles. The van der Waals surface area contributed by atoms with Crippen molar-refractivity contribution in [1.82, 2.24) is 9.80 Å². The average molecular weight is 522 g/mol. The lowest BCUT2D eigenvalue weighted by Gasteiger charge is -2.43. The third-order valence-corrected chi connectivity index (χ3v) is 7.45. The van der Waals surface area contributed by atoms with Crippen LogP contribution in [-0.2, 0) is 4.79 Å². The Kier molecular flexibility index (Phi) is 6.93. The predicted octanol–water partition coefficient (Wildman–Crippen LogP) is 4.24. The summed E-state index contributed by atoms with van der Waals surface area (Å²) >= 11 is 0. The molecule has 0 aromatic heterocycles. The first-order valence-corrected chi connectivity index (χ1v) is 12.4. The highest BCUT2D eigenvalue weighted by Gasteiger charge is 2.46. The molecule has 0 saturated carbocycles. The number of halogens is 2. The van der Waals surface area contributed by atoms with Crippen LogP contribution in [-0.4, -0.2) is 69.1 Å². The summed E-state index contributed by atoms with van der Waals surface area (Å²) in [7, 11) is 4.55. The van der Waals surface area contributed by atoms with Crippen molar-refractivity contribution < 1.29 is 27.8 Å². The minimum atomic E-state index is -0.859. The monoisotopic (exact) mass is 521 g/mol. The first kappa shape index (κ1) is 25.5. The number of ether oxygens (including phenoxy) is 2. The van der Waals surface area contributed by atoms with Gasteiger partial charge in [-0.3, -0.25) is 9.59 Å². The molecule has 5 rings (SSSR count). The van der Waals surface area contributed by atoms with E-state index in [2.05, 4.69) is 4.90 Å². The van der Waals surface area contributed by atoms with Crippen molar-refractivity contribution in [2.75, 3.05) is 52.3 Å². The Morgan fingerprint density at radius 3 is 2.13 bits per heavy atom. The molecule has 0 bridgehead atoms. The van der Waals surface area contributed by atoms with E-state index in [0.29, 0.717) is 48.8 Å². The van der Waals surface area contributed by atoms with E-state index in [4.69, 9.17) is 9.47 Å². The molecular weight excluding hydrogens is 492 g/mol. The zero-order valence-electron chi connectivity index (χ0n) is 21.5. The minimum Gasteiger partial charge on any atom is -0.493 e. The quantitative estimate of drug-likeness (QED) is 0.503. The highest BCUT2D eigenvalue weighted by atomic mass is 19.1. The zero-order valence-corrected chi connectivity index (χ0v) is 21.5. The molecule has 1 saturated heterocycles. The zero-order chi connectivity index (χ0) is 27.0. The molecule has 0 spiro atoms. The number of hydrogen-bond donors (Lipinski definition) is 0. The molecule has 9 heteroatoms. The highest BCUT2D eigenvalue weighted by Crippen LogP contribution is 2.46. The van der Waals surface area contributed by atoms with Crippen LogP contribution in [0.3, 0.4) is 0 Å². The SMILES string of the molecule is COc1cc2c(cc1OC)[C@H](C(=O)N1CCN(c3ccc(F)cc3)CC1)[C@@H](c1ccccc1F)N(C)C2=O. The van der Waals surface area contributed by atoms with Gasteiger partial charge in [0.05, 0.1) is 26.2 Å².